The zero-order chi connectivity index (χ0) is 9.84. The van der Waals surface area contributed by atoms with Crippen molar-refractivity contribution in [2.24, 2.45) is 5.92 Å². The molecule has 13 heavy (non-hydrogen) atoms. The topological polar surface area (TPSA) is 37.3 Å². The van der Waals surface area contributed by atoms with Gasteiger partial charge in [0.05, 0.1) is 0 Å². The molecule has 1 atom stereocenters. The third kappa shape index (κ3) is 3.05. The summed E-state index contributed by atoms with van der Waals surface area (Å²) in [4.78, 5) is 10.3. The zero-order valence-electron chi connectivity index (χ0n) is 8.21. The van der Waals surface area contributed by atoms with Crippen molar-refractivity contribution in [3.63, 3.8) is 0 Å². The maximum atomic E-state index is 10.3. The van der Waals surface area contributed by atoms with Crippen molar-refractivity contribution in [2.75, 3.05) is 0 Å². The Morgan fingerprint density at radius 2 is 2.15 bits per heavy atom. The average molecular weight is 180 g/mol. The van der Waals surface area contributed by atoms with Crippen LogP contribution in [0.4, 0.5) is 0 Å². The Labute approximate surface area is 79.0 Å². The van der Waals surface area contributed by atoms with Gasteiger partial charge in [-0.25, -0.2) is 4.79 Å². The van der Waals surface area contributed by atoms with Gasteiger partial charge in [0.25, 0.3) is 0 Å². The lowest BCUT2D eigenvalue weighted by Crippen LogP contribution is -2.06. The molecule has 0 aromatic carbocycles. The van der Waals surface area contributed by atoms with Gasteiger partial charge in [-0.15, -0.1) is 0 Å². The summed E-state index contributed by atoms with van der Waals surface area (Å²) >= 11 is 0. The first-order valence-electron chi connectivity index (χ1n) is 4.66. The van der Waals surface area contributed by atoms with Gasteiger partial charge in [-0.2, -0.15) is 0 Å². The Hall–Kier alpha value is -1.05. The van der Waals surface area contributed by atoms with E-state index >= 15 is 0 Å². The number of hydrogen-bond donors (Lipinski definition) is 1. The molecule has 1 aliphatic carbocycles. The summed E-state index contributed by atoms with van der Waals surface area (Å²) < 4.78 is 0. The molecule has 0 aromatic heterocycles. The highest BCUT2D eigenvalue weighted by molar-refractivity contribution is 5.79. The highest BCUT2D eigenvalue weighted by Crippen LogP contribution is 2.29. The third-order valence-electron chi connectivity index (χ3n) is 2.70. The second kappa shape index (κ2) is 4.26. The van der Waals surface area contributed by atoms with Crippen molar-refractivity contribution >= 4 is 5.97 Å². The molecule has 0 heterocycles. The molecule has 0 amide bonds. The molecule has 0 saturated carbocycles. The highest BCUT2D eigenvalue weighted by atomic mass is 16.4. The van der Waals surface area contributed by atoms with Crippen LogP contribution in [0.25, 0.3) is 0 Å². The predicted octanol–water partition coefficient (Wildman–Crippen LogP) is 2.76. The summed E-state index contributed by atoms with van der Waals surface area (Å²) in [5, 5.41) is 8.46. The largest absolute Gasteiger partial charge is 0.478 e. The normalized spacial score (nSPS) is 24.0. The monoisotopic (exact) mass is 180 g/mol. The highest BCUT2D eigenvalue weighted by Gasteiger charge is 2.13. The number of aliphatic carboxylic acids is 1. The van der Waals surface area contributed by atoms with E-state index in [9.17, 15) is 4.79 Å². The van der Waals surface area contributed by atoms with Gasteiger partial charge in [0, 0.05) is 6.08 Å². The molecule has 1 aliphatic rings. The summed E-state index contributed by atoms with van der Waals surface area (Å²) in [5.41, 5.74) is 2.89. The minimum atomic E-state index is -0.844. The summed E-state index contributed by atoms with van der Waals surface area (Å²) in [5.74, 6) is -0.413. The average Bonchev–Trinajstić information content (AvgIpc) is 2.07. The quantitative estimate of drug-likeness (QED) is 0.524. The lowest BCUT2D eigenvalue weighted by molar-refractivity contribution is -0.131. The van der Waals surface area contributed by atoms with E-state index in [0.29, 0.717) is 5.92 Å². The van der Waals surface area contributed by atoms with E-state index in [4.69, 9.17) is 5.11 Å². The molecule has 2 nitrogen and oxygen atoms in total. The Balaban J connectivity index is 2.54. The number of carbonyl (C=O) groups is 1. The summed E-state index contributed by atoms with van der Waals surface area (Å²) in [6.07, 6.45) is 6.31. The van der Waals surface area contributed by atoms with Crippen LogP contribution >= 0.6 is 0 Å². The molecule has 0 radical (unpaired) electrons. The summed E-state index contributed by atoms with van der Waals surface area (Å²) in [7, 11) is 0. The van der Waals surface area contributed by atoms with E-state index < -0.39 is 5.97 Å². The number of carboxylic acids is 1. The standard InChI is InChI=1S/C11H16O2/c1-8-3-4-10(7-9(8)2)5-6-11(12)13/h5-6,10H,3-4,7H2,1-2H3,(H,12,13)/b6-5+. The van der Waals surface area contributed by atoms with Crippen LogP contribution in [0.3, 0.4) is 0 Å². The van der Waals surface area contributed by atoms with E-state index in [2.05, 4.69) is 13.8 Å². The van der Waals surface area contributed by atoms with Crippen LogP contribution in [-0.2, 0) is 4.79 Å². The van der Waals surface area contributed by atoms with Gasteiger partial charge in [0.1, 0.15) is 0 Å². The van der Waals surface area contributed by atoms with E-state index in [1.54, 1.807) is 0 Å². The van der Waals surface area contributed by atoms with Crippen molar-refractivity contribution in [1.29, 1.82) is 0 Å². The number of hydrogen-bond acceptors (Lipinski definition) is 1. The Kier molecular flexibility index (Phi) is 3.29. The van der Waals surface area contributed by atoms with Crippen LogP contribution in [0, 0.1) is 5.92 Å². The first-order chi connectivity index (χ1) is 6.09. The van der Waals surface area contributed by atoms with E-state index in [1.807, 2.05) is 6.08 Å². The van der Waals surface area contributed by atoms with Gasteiger partial charge in [-0.05, 0) is 39.0 Å². The summed E-state index contributed by atoms with van der Waals surface area (Å²) in [6.45, 7) is 4.29. The van der Waals surface area contributed by atoms with Gasteiger partial charge >= 0.3 is 5.97 Å². The fourth-order valence-electron chi connectivity index (χ4n) is 1.67. The minimum absolute atomic E-state index is 0.430. The van der Waals surface area contributed by atoms with Crippen LogP contribution in [-0.4, -0.2) is 11.1 Å². The summed E-state index contributed by atoms with van der Waals surface area (Å²) in [6, 6.07) is 0. The maximum absolute atomic E-state index is 10.3. The molecule has 1 N–H and O–H groups in total. The molecule has 0 aliphatic heterocycles. The number of rotatable bonds is 2. The van der Waals surface area contributed by atoms with Crippen LogP contribution < -0.4 is 0 Å². The van der Waals surface area contributed by atoms with Crippen molar-refractivity contribution in [3.05, 3.63) is 23.3 Å². The van der Waals surface area contributed by atoms with Gasteiger partial charge in [-0.1, -0.05) is 17.2 Å². The fraction of sp³-hybridized carbons (Fsp3) is 0.545. The number of allylic oxidation sites excluding steroid dienone is 3. The molecule has 1 rings (SSSR count). The van der Waals surface area contributed by atoms with Crippen molar-refractivity contribution in [2.45, 2.75) is 33.1 Å². The van der Waals surface area contributed by atoms with Crippen molar-refractivity contribution < 1.29 is 9.90 Å². The third-order valence-corrected chi connectivity index (χ3v) is 2.70. The smallest absolute Gasteiger partial charge is 0.327 e. The molecule has 0 fully saturated rings. The van der Waals surface area contributed by atoms with Crippen LogP contribution in [0.1, 0.15) is 33.1 Å². The molecule has 72 valence electrons. The van der Waals surface area contributed by atoms with E-state index in [1.165, 1.54) is 17.2 Å². The zero-order valence-corrected chi connectivity index (χ0v) is 8.21. The second-order valence-electron chi connectivity index (χ2n) is 3.76. The van der Waals surface area contributed by atoms with Crippen LogP contribution in [0.2, 0.25) is 0 Å². The van der Waals surface area contributed by atoms with Crippen molar-refractivity contribution in [3.8, 4) is 0 Å². The molecular weight excluding hydrogens is 164 g/mol. The predicted molar refractivity (Wildman–Crippen MR) is 52.5 cm³/mol. The van der Waals surface area contributed by atoms with Crippen molar-refractivity contribution in [1.82, 2.24) is 0 Å². The lowest BCUT2D eigenvalue weighted by atomic mass is 9.85. The molecule has 0 aromatic rings. The fourth-order valence-corrected chi connectivity index (χ4v) is 1.67. The van der Waals surface area contributed by atoms with Crippen LogP contribution in [0.15, 0.2) is 23.3 Å². The second-order valence-corrected chi connectivity index (χ2v) is 3.76. The first kappa shape index (κ1) is 10.0. The maximum Gasteiger partial charge on any atom is 0.327 e. The molecule has 0 bridgehead atoms. The Morgan fingerprint density at radius 1 is 1.46 bits per heavy atom. The molecule has 0 spiro atoms. The number of carboxylic acid groups (broad SMARTS) is 1. The minimum Gasteiger partial charge on any atom is -0.478 e. The van der Waals surface area contributed by atoms with Crippen LogP contribution in [0.5, 0.6) is 0 Å². The Bertz CT molecular complexity index is 261. The van der Waals surface area contributed by atoms with Gasteiger partial charge in [-0.3, -0.25) is 0 Å². The van der Waals surface area contributed by atoms with Gasteiger partial charge < -0.3 is 5.11 Å². The van der Waals surface area contributed by atoms with Gasteiger partial charge in [0.2, 0.25) is 0 Å². The Morgan fingerprint density at radius 3 is 2.69 bits per heavy atom. The molecule has 0 saturated heterocycles. The first-order valence-corrected chi connectivity index (χ1v) is 4.66. The lowest BCUT2D eigenvalue weighted by Gasteiger charge is -2.21. The SMILES string of the molecule is CC1=C(C)CC(/C=C/C(=O)O)CC1. The van der Waals surface area contributed by atoms with E-state index in [0.717, 1.165) is 19.3 Å². The molecule has 2 heteroatoms. The van der Waals surface area contributed by atoms with Gasteiger partial charge in [0.15, 0.2) is 0 Å². The molecule has 1 unspecified atom stereocenters. The van der Waals surface area contributed by atoms with E-state index in [-0.39, 0.29) is 0 Å². The molecular formula is C11H16O2.